The Morgan fingerprint density at radius 2 is 2.04 bits per heavy atom. The largest absolute Gasteiger partial charge is 0.497 e. The molecule has 6 heteroatoms. The maximum absolute atomic E-state index is 12.4. The lowest BCUT2D eigenvalue weighted by atomic mass is 10.1. The minimum atomic E-state index is -0.316. The molecule has 0 radical (unpaired) electrons. The minimum Gasteiger partial charge on any atom is -0.497 e. The molecule has 0 aliphatic carbocycles. The normalized spacial score (nSPS) is 16.8. The summed E-state index contributed by atoms with van der Waals surface area (Å²) in [6.07, 6.45) is 0.256. The Labute approximate surface area is 160 Å². The summed E-state index contributed by atoms with van der Waals surface area (Å²) in [7, 11) is 1.62. The van der Waals surface area contributed by atoms with Crippen molar-refractivity contribution < 1.29 is 14.3 Å². The van der Waals surface area contributed by atoms with Crippen molar-refractivity contribution in [1.29, 1.82) is 0 Å². The Balaban J connectivity index is 1.60. The second kappa shape index (κ2) is 7.86. The number of rotatable bonds is 5. The highest BCUT2D eigenvalue weighted by Gasteiger charge is 2.34. The first-order valence-corrected chi connectivity index (χ1v) is 9.10. The van der Waals surface area contributed by atoms with Gasteiger partial charge in [-0.25, -0.2) is 0 Å². The molecule has 130 valence electrons. The molecule has 1 aliphatic rings. The fourth-order valence-corrected chi connectivity index (χ4v) is 3.41. The third kappa shape index (κ3) is 4.50. The molecule has 1 aliphatic heterocycles. The highest BCUT2D eigenvalue weighted by Crippen LogP contribution is 2.23. The van der Waals surface area contributed by atoms with Gasteiger partial charge in [-0.15, -0.1) is 0 Å². The minimum absolute atomic E-state index is 0.0126. The molecule has 1 N–H and O–H groups in total. The summed E-state index contributed by atoms with van der Waals surface area (Å²) in [5.74, 6) is 0.376. The lowest BCUT2D eigenvalue weighted by molar-refractivity contribution is -0.128. The summed E-state index contributed by atoms with van der Waals surface area (Å²) in [5.41, 5.74) is 1.78. The van der Waals surface area contributed by atoms with Gasteiger partial charge in [0.1, 0.15) is 5.75 Å². The number of amides is 2. The predicted molar refractivity (Wildman–Crippen MR) is 104 cm³/mol. The number of likely N-dealkylation sites (tertiary alicyclic amines) is 1. The molecule has 0 aromatic heterocycles. The van der Waals surface area contributed by atoms with E-state index < -0.39 is 0 Å². The first-order chi connectivity index (χ1) is 12.0. The molecule has 5 nitrogen and oxygen atoms in total. The van der Waals surface area contributed by atoms with Crippen LogP contribution in [-0.2, 0) is 16.1 Å². The molecule has 1 unspecified atom stereocenters. The van der Waals surface area contributed by atoms with Gasteiger partial charge in [-0.2, -0.15) is 0 Å². The number of nitrogens with zero attached hydrogens (tertiary/aromatic N) is 1. The van der Waals surface area contributed by atoms with E-state index in [1.165, 1.54) is 0 Å². The maximum Gasteiger partial charge on any atom is 0.229 e. The van der Waals surface area contributed by atoms with Gasteiger partial charge in [0.15, 0.2) is 0 Å². The first-order valence-electron chi connectivity index (χ1n) is 8.02. The summed E-state index contributed by atoms with van der Waals surface area (Å²) in [6, 6.07) is 15.2. The number of methoxy groups -OCH3 is 1. The van der Waals surface area contributed by atoms with Gasteiger partial charge >= 0.3 is 0 Å². The fourth-order valence-electron chi connectivity index (χ4n) is 2.86. The molecule has 3 rings (SSSR count). The van der Waals surface area contributed by atoms with Crippen LogP contribution in [-0.4, -0.2) is 30.4 Å². The second-order valence-corrected chi connectivity index (χ2v) is 7.27. The van der Waals surface area contributed by atoms with E-state index in [0.29, 0.717) is 13.1 Å². The summed E-state index contributed by atoms with van der Waals surface area (Å²) in [6.45, 7) is 0.955. The van der Waals surface area contributed by atoms with Gasteiger partial charge in [-0.3, -0.25) is 9.59 Å². The Bertz CT molecular complexity index is 776. The first kappa shape index (κ1) is 17.7. The van der Waals surface area contributed by atoms with Crippen LogP contribution in [0.3, 0.4) is 0 Å². The van der Waals surface area contributed by atoms with E-state index in [2.05, 4.69) is 27.9 Å². The van der Waals surface area contributed by atoms with Crippen molar-refractivity contribution in [3.8, 4) is 5.75 Å². The number of nitrogens with one attached hydrogen (secondary N) is 1. The zero-order valence-corrected chi connectivity index (χ0v) is 16.0. The van der Waals surface area contributed by atoms with E-state index in [9.17, 15) is 9.59 Å². The molecule has 2 amide bonds. The average molecular weight is 450 g/mol. The number of hydrogen-bond donors (Lipinski definition) is 1. The monoisotopic (exact) mass is 450 g/mol. The van der Waals surface area contributed by atoms with Gasteiger partial charge in [0.2, 0.25) is 11.8 Å². The van der Waals surface area contributed by atoms with E-state index in [1.807, 2.05) is 48.5 Å². The van der Waals surface area contributed by atoms with Crippen molar-refractivity contribution in [2.75, 3.05) is 19.0 Å². The van der Waals surface area contributed by atoms with E-state index in [0.717, 1.165) is 20.6 Å². The summed E-state index contributed by atoms with van der Waals surface area (Å²) in [4.78, 5) is 26.4. The van der Waals surface area contributed by atoms with Crippen LogP contribution in [0, 0.1) is 9.49 Å². The van der Waals surface area contributed by atoms with E-state index >= 15 is 0 Å². The topological polar surface area (TPSA) is 58.6 Å². The number of benzene rings is 2. The molecule has 0 bridgehead atoms. The molecule has 0 spiro atoms. The van der Waals surface area contributed by atoms with Gasteiger partial charge in [0.05, 0.1) is 13.0 Å². The lowest BCUT2D eigenvalue weighted by Gasteiger charge is -2.17. The zero-order valence-electron chi connectivity index (χ0n) is 13.9. The van der Waals surface area contributed by atoms with E-state index in [1.54, 1.807) is 12.0 Å². The molecule has 1 atom stereocenters. The third-order valence-electron chi connectivity index (χ3n) is 4.21. The third-order valence-corrected chi connectivity index (χ3v) is 4.88. The van der Waals surface area contributed by atoms with E-state index in [-0.39, 0.29) is 24.2 Å². The van der Waals surface area contributed by atoms with Crippen molar-refractivity contribution >= 4 is 40.1 Å². The zero-order chi connectivity index (χ0) is 17.8. The molecular formula is C19H19IN2O3. The van der Waals surface area contributed by atoms with Crippen LogP contribution < -0.4 is 10.1 Å². The number of ether oxygens (including phenoxy) is 1. The molecule has 0 saturated carbocycles. The van der Waals surface area contributed by atoms with Crippen LogP contribution in [0.4, 0.5) is 5.69 Å². The predicted octanol–water partition coefficient (Wildman–Crippen LogP) is 3.29. The molecule has 1 heterocycles. The van der Waals surface area contributed by atoms with Gasteiger partial charge in [-0.1, -0.05) is 18.2 Å². The highest BCUT2D eigenvalue weighted by atomic mass is 127. The van der Waals surface area contributed by atoms with Gasteiger partial charge in [-0.05, 0) is 58.5 Å². The SMILES string of the molecule is COc1ccc(CN2CC(C(=O)Nc3cccc(I)c3)CC2=O)cc1. The van der Waals surface area contributed by atoms with Crippen molar-refractivity contribution in [2.24, 2.45) is 5.92 Å². The van der Waals surface area contributed by atoms with Crippen molar-refractivity contribution in [1.82, 2.24) is 4.90 Å². The summed E-state index contributed by atoms with van der Waals surface area (Å²) >= 11 is 2.20. The van der Waals surface area contributed by atoms with Gasteiger partial charge in [0.25, 0.3) is 0 Å². The Kier molecular flexibility index (Phi) is 5.57. The number of halogens is 1. The number of carbonyl (C=O) groups is 2. The molecule has 25 heavy (non-hydrogen) atoms. The Morgan fingerprint density at radius 3 is 2.72 bits per heavy atom. The van der Waals surface area contributed by atoms with Crippen molar-refractivity contribution in [3.05, 3.63) is 57.7 Å². The molecule has 2 aromatic rings. The fraction of sp³-hybridized carbons (Fsp3) is 0.263. The summed E-state index contributed by atoms with van der Waals surface area (Å²) in [5, 5.41) is 2.91. The van der Waals surface area contributed by atoms with Crippen LogP contribution in [0.2, 0.25) is 0 Å². The number of anilines is 1. The van der Waals surface area contributed by atoms with Crippen LogP contribution >= 0.6 is 22.6 Å². The number of hydrogen-bond acceptors (Lipinski definition) is 3. The van der Waals surface area contributed by atoms with Crippen LogP contribution in [0.1, 0.15) is 12.0 Å². The van der Waals surface area contributed by atoms with Crippen LogP contribution in [0.25, 0.3) is 0 Å². The Hall–Kier alpha value is -2.09. The maximum atomic E-state index is 12.4. The van der Waals surface area contributed by atoms with Crippen molar-refractivity contribution in [3.63, 3.8) is 0 Å². The number of carbonyl (C=O) groups excluding carboxylic acids is 2. The average Bonchev–Trinajstić information content (AvgIpc) is 2.96. The molecule has 2 aromatic carbocycles. The van der Waals surface area contributed by atoms with Gasteiger partial charge < -0.3 is 15.0 Å². The van der Waals surface area contributed by atoms with E-state index in [4.69, 9.17) is 4.74 Å². The molecule has 1 saturated heterocycles. The lowest BCUT2D eigenvalue weighted by Crippen LogP contribution is -2.28. The molecule has 1 fully saturated rings. The van der Waals surface area contributed by atoms with Crippen LogP contribution in [0.15, 0.2) is 48.5 Å². The Morgan fingerprint density at radius 1 is 1.28 bits per heavy atom. The van der Waals surface area contributed by atoms with Crippen molar-refractivity contribution in [2.45, 2.75) is 13.0 Å². The standard InChI is InChI=1S/C19H19IN2O3/c1-25-17-7-5-13(6-8-17)11-22-12-14(9-18(22)23)19(24)21-16-4-2-3-15(20)10-16/h2-8,10,14H,9,11-12H2,1H3,(H,21,24). The summed E-state index contributed by atoms with van der Waals surface area (Å²) < 4.78 is 6.19. The van der Waals surface area contributed by atoms with Gasteiger partial charge in [0, 0.05) is 28.8 Å². The smallest absolute Gasteiger partial charge is 0.229 e. The van der Waals surface area contributed by atoms with Crippen LogP contribution in [0.5, 0.6) is 5.75 Å². The highest BCUT2D eigenvalue weighted by molar-refractivity contribution is 14.1. The quantitative estimate of drug-likeness (QED) is 0.712. The molecular weight excluding hydrogens is 431 g/mol. The second-order valence-electron chi connectivity index (χ2n) is 6.02.